The number of thiazole rings is 1. The molecule has 1 N–H and O–H groups in total. The number of aromatic nitrogens is 1. The first kappa shape index (κ1) is 16.2. The quantitative estimate of drug-likeness (QED) is 0.729. The van der Waals surface area contributed by atoms with Gasteiger partial charge in [-0.3, -0.25) is 4.79 Å². The minimum absolute atomic E-state index is 0.189. The minimum atomic E-state index is -0.189. The molecule has 0 atom stereocenters. The first-order valence-corrected chi connectivity index (χ1v) is 8.61. The van der Waals surface area contributed by atoms with Crippen LogP contribution in [0, 0.1) is 6.92 Å². The highest BCUT2D eigenvalue weighted by Gasteiger charge is 2.12. The SMILES string of the molecule is CCOc1ccccc1C(=O)Nc1cccc(-c2csc(C)n2)c1. The Balaban J connectivity index is 1.83. The van der Waals surface area contributed by atoms with Gasteiger partial charge in [0.05, 0.1) is 22.9 Å². The highest BCUT2D eigenvalue weighted by molar-refractivity contribution is 7.09. The fraction of sp³-hybridized carbons (Fsp3) is 0.158. The van der Waals surface area contributed by atoms with E-state index in [1.54, 1.807) is 23.5 Å². The Hall–Kier alpha value is -2.66. The summed E-state index contributed by atoms with van der Waals surface area (Å²) in [6.07, 6.45) is 0. The summed E-state index contributed by atoms with van der Waals surface area (Å²) in [4.78, 5) is 17.0. The molecule has 4 nitrogen and oxygen atoms in total. The first-order valence-electron chi connectivity index (χ1n) is 7.73. The summed E-state index contributed by atoms with van der Waals surface area (Å²) in [5.74, 6) is 0.398. The number of para-hydroxylation sites is 1. The van der Waals surface area contributed by atoms with Gasteiger partial charge < -0.3 is 10.1 Å². The number of aryl methyl sites for hydroxylation is 1. The molecule has 1 heterocycles. The van der Waals surface area contributed by atoms with Gasteiger partial charge >= 0.3 is 0 Å². The standard InChI is InChI=1S/C19H18N2O2S/c1-3-23-18-10-5-4-9-16(18)19(22)21-15-8-6-7-14(11-15)17-12-24-13(2)20-17/h4-12H,3H2,1-2H3,(H,21,22). The lowest BCUT2D eigenvalue weighted by atomic mass is 10.1. The van der Waals surface area contributed by atoms with E-state index in [9.17, 15) is 4.79 Å². The summed E-state index contributed by atoms with van der Waals surface area (Å²) in [5.41, 5.74) is 3.15. The third-order valence-corrected chi connectivity index (χ3v) is 4.24. The molecule has 0 radical (unpaired) electrons. The number of hydrogen-bond donors (Lipinski definition) is 1. The topological polar surface area (TPSA) is 51.2 Å². The van der Waals surface area contributed by atoms with E-state index < -0.39 is 0 Å². The van der Waals surface area contributed by atoms with E-state index >= 15 is 0 Å². The van der Waals surface area contributed by atoms with Crippen molar-refractivity contribution in [2.24, 2.45) is 0 Å². The number of nitrogens with one attached hydrogen (secondary N) is 1. The second kappa shape index (κ2) is 7.27. The van der Waals surface area contributed by atoms with Crippen LogP contribution in [0.2, 0.25) is 0 Å². The molecule has 122 valence electrons. The van der Waals surface area contributed by atoms with Crippen molar-refractivity contribution in [1.29, 1.82) is 0 Å². The van der Waals surface area contributed by atoms with Crippen LogP contribution in [0.4, 0.5) is 5.69 Å². The molecule has 0 aliphatic heterocycles. The lowest BCUT2D eigenvalue weighted by molar-refractivity contribution is 0.102. The molecule has 3 aromatic rings. The second-order valence-corrected chi connectivity index (χ2v) is 6.28. The van der Waals surface area contributed by atoms with Gasteiger partial charge in [0, 0.05) is 16.6 Å². The molecule has 1 amide bonds. The van der Waals surface area contributed by atoms with Gasteiger partial charge in [-0.05, 0) is 38.1 Å². The summed E-state index contributed by atoms with van der Waals surface area (Å²) in [6, 6.07) is 14.9. The van der Waals surface area contributed by atoms with Crippen molar-refractivity contribution in [1.82, 2.24) is 4.98 Å². The Bertz CT molecular complexity index is 858. The average Bonchev–Trinajstić information content (AvgIpc) is 3.02. The molecule has 0 fully saturated rings. The number of nitrogens with zero attached hydrogens (tertiary/aromatic N) is 1. The number of rotatable bonds is 5. The van der Waals surface area contributed by atoms with Gasteiger partial charge in [0.15, 0.2) is 0 Å². The Morgan fingerprint density at radius 1 is 1.21 bits per heavy atom. The summed E-state index contributed by atoms with van der Waals surface area (Å²) in [5, 5.41) is 5.96. The third-order valence-electron chi connectivity index (χ3n) is 3.47. The second-order valence-electron chi connectivity index (χ2n) is 5.22. The minimum Gasteiger partial charge on any atom is -0.493 e. The number of carbonyl (C=O) groups excluding carboxylic acids is 1. The van der Waals surface area contributed by atoms with Crippen LogP contribution in [0.15, 0.2) is 53.9 Å². The lowest BCUT2D eigenvalue weighted by Crippen LogP contribution is -2.13. The summed E-state index contributed by atoms with van der Waals surface area (Å²) < 4.78 is 5.52. The number of carbonyl (C=O) groups is 1. The fourth-order valence-corrected chi connectivity index (χ4v) is 3.01. The number of hydrogen-bond acceptors (Lipinski definition) is 4. The van der Waals surface area contributed by atoms with Crippen LogP contribution < -0.4 is 10.1 Å². The number of ether oxygens (including phenoxy) is 1. The monoisotopic (exact) mass is 338 g/mol. The molecule has 0 aliphatic rings. The van der Waals surface area contributed by atoms with Gasteiger partial charge in [-0.25, -0.2) is 4.98 Å². The van der Waals surface area contributed by atoms with Gasteiger partial charge in [-0.15, -0.1) is 11.3 Å². The highest BCUT2D eigenvalue weighted by atomic mass is 32.1. The van der Waals surface area contributed by atoms with Crippen molar-refractivity contribution < 1.29 is 9.53 Å². The van der Waals surface area contributed by atoms with Crippen LogP contribution in [0.1, 0.15) is 22.3 Å². The third kappa shape index (κ3) is 3.63. The Morgan fingerprint density at radius 2 is 2.04 bits per heavy atom. The molecule has 0 bridgehead atoms. The van der Waals surface area contributed by atoms with Gasteiger partial charge in [0.1, 0.15) is 5.75 Å². The molecule has 24 heavy (non-hydrogen) atoms. The van der Waals surface area contributed by atoms with Crippen molar-refractivity contribution in [2.75, 3.05) is 11.9 Å². The molecular formula is C19H18N2O2S. The lowest BCUT2D eigenvalue weighted by Gasteiger charge is -2.11. The van der Waals surface area contributed by atoms with Crippen LogP contribution in [0.25, 0.3) is 11.3 Å². The highest BCUT2D eigenvalue weighted by Crippen LogP contribution is 2.25. The van der Waals surface area contributed by atoms with E-state index in [1.165, 1.54) is 0 Å². The zero-order valence-electron chi connectivity index (χ0n) is 13.6. The van der Waals surface area contributed by atoms with Gasteiger partial charge in [0.25, 0.3) is 5.91 Å². The van der Waals surface area contributed by atoms with Gasteiger partial charge in [-0.2, -0.15) is 0 Å². The molecule has 2 aromatic carbocycles. The van der Waals surface area contributed by atoms with E-state index in [0.29, 0.717) is 17.9 Å². The molecule has 3 rings (SSSR count). The molecule has 0 aliphatic carbocycles. The van der Waals surface area contributed by atoms with E-state index in [1.807, 2.05) is 55.6 Å². The molecule has 0 saturated heterocycles. The molecule has 0 unspecified atom stereocenters. The number of anilines is 1. The summed E-state index contributed by atoms with van der Waals surface area (Å²) in [7, 11) is 0. The smallest absolute Gasteiger partial charge is 0.259 e. The Morgan fingerprint density at radius 3 is 2.79 bits per heavy atom. The number of amides is 1. The normalized spacial score (nSPS) is 10.4. The Labute approximate surface area is 145 Å². The zero-order valence-corrected chi connectivity index (χ0v) is 14.4. The molecule has 5 heteroatoms. The summed E-state index contributed by atoms with van der Waals surface area (Å²) >= 11 is 1.61. The molecular weight excluding hydrogens is 320 g/mol. The maximum Gasteiger partial charge on any atom is 0.259 e. The molecule has 0 saturated carbocycles. The van der Waals surface area contributed by atoms with Crippen molar-refractivity contribution in [3.63, 3.8) is 0 Å². The van der Waals surface area contributed by atoms with E-state index in [2.05, 4.69) is 10.3 Å². The van der Waals surface area contributed by atoms with Crippen LogP contribution in [0.5, 0.6) is 5.75 Å². The van der Waals surface area contributed by atoms with Crippen molar-refractivity contribution in [3.8, 4) is 17.0 Å². The fourth-order valence-electron chi connectivity index (χ4n) is 2.39. The van der Waals surface area contributed by atoms with E-state index in [0.717, 1.165) is 22.0 Å². The Kier molecular flexibility index (Phi) is 4.91. The number of benzene rings is 2. The van der Waals surface area contributed by atoms with Crippen LogP contribution in [0.3, 0.4) is 0 Å². The molecule has 0 spiro atoms. The van der Waals surface area contributed by atoms with Crippen molar-refractivity contribution in [3.05, 3.63) is 64.5 Å². The van der Waals surface area contributed by atoms with Crippen LogP contribution in [-0.2, 0) is 0 Å². The van der Waals surface area contributed by atoms with Gasteiger partial charge in [0.2, 0.25) is 0 Å². The van der Waals surface area contributed by atoms with Crippen molar-refractivity contribution in [2.45, 2.75) is 13.8 Å². The van der Waals surface area contributed by atoms with Crippen LogP contribution in [-0.4, -0.2) is 17.5 Å². The van der Waals surface area contributed by atoms with E-state index in [4.69, 9.17) is 4.74 Å². The van der Waals surface area contributed by atoms with Gasteiger partial charge in [-0.1, -0.05) is 24.3 Å². The average molecular weight is 338 g/mol. The maximum atomic E-state index is 12.6. The van der Waals surface area contributed by atoms with Crippen LogP contribution >= 0.6 is 11.3 Å². The zero-order chi connectivity index (χ0) is 16.9. The molecule has 1 aromatic heterocycles. The maximum absolute atomic E-state index is 12.6. The summed E-state index contributed by atoms with van der Waals surface area (Å²) in [6.45, 7) is 4.39. The largest absolute Gasteiger partial charge is 0.493 e. The van der Waals surface area contributed by atoms with E-state index in [-0.39, 0.29) is 5.91 Å². The first-order chi connectivity index (χ1) is 11.7. The van der Waals surface area contributed by atoms with Crippen molar-refractivity contribution >= 4 is 22.9 Å². The predicted molar refractivity (Wildman–Crippen MR) is 97.9 cm³/mol. The predicted octanol–water partition coefficient (Wildman–Crippen LogP) is 4.77.